The van der Waals surface area contributed by atoms with Gasteiger partial charge in [0.05, 0.1) is 11.4 Å². The zero-order valence-corrected chi connectivity index (χ0v) is 12.2. The van der Waals surface area contributed by atoms with E-state index < -0.39 is 27.6 Å². The maximum atomic E-state index is 11.8. The second-order valence-corrected chi connectivity index (χ2v) is 6.63. The van der Waals surface area contributed by atoms with Crippen LogP contribution < -0.4 is 4.72 Å². The lowest BCUT2D eigenvalue weighted by Crippen LogP contribution is -2.46. The van der Waals surface area contributed by atoms with Crippen LogP contribution >= 0.6 is 0 Å². The molecular weight excluding hydrogens is 258 g/mol. The molecule has 0 aliphatic rings. The summed E-state index contributed by atoms with van der Waals surface area (Å²) in [5.74, 6) is -1.42. The predicted octanol–water partition coefficient (Wildman–Crippen LogP) is 0.974. The summed E-state index contributed by atoms with van der Waals surface area (Å²) in [6.07, 6.45) is 1.76. The zero-order chi connectivity index (χ0) is 14.4. The van der Waals surface area contributed by atoms with Gasteiger partial charge in [-0.05, 0) is 20.3 Å². The van der Waals surface area contributed by atoms with Crippen LogP contribution in [-0.2, 0) is 19.6 Å². The fourth-order valence-corrected chi connectivity index (χ4v) is 3.18. The van der Waals surface area contributed by atoms with E-state index in [2.05, 4.69) is 4.72 Å². The summed E-state index contributed by atoms with van der Waals surface area (Å²) < 4.78 is 30.9. The van der Waals surface area contributed by atoms with Gasteiger partial charge in [-0.3, -0.25) is 4.79 Å². The average molecular weight is 281 g/mol. The molecule has 0 rings (SSSR count). The second kappa shape index (κ2) is 7.06. The first-order chi connectivity index (χ1) is 8.13. The van der Waals surface area contributed by atoms with Crippen LogP contribution in [0.15, 0.2) is 0 Å². The van der Waals surface area contributed by atoms with Crippen LogP contribution in [0.4, 0.5) is 0 Å². The predicted molar refractivity (Wildman–Crippen MR) is 69.0 cm³/mol. The number of rotatable bonds is 9. The van der Waals surface area contributed by atoms with Crippen molar-refractivity contribution in [3.63, 3.8) is 0 Å². The van der Waals surface area contributed by atoms with Crippen molar-refractivity contribution in [1.29, 1.82) is 0 Å². The van der Waals surface area contributed by atoms with E-state index in [-0.39, 0.29) is 5.75 Å². The molecule has 0 aromatic carbocycles. The highest BCUT2D eigenvalue weighted by molar-refractivity contribution is 7.89. The van der Waals surface area contributed by atoms with Crippen LogP contribution in [0.25, 0.3) is 0 Å². The van der Waals surface area contributed by atoms with Crippen LogP contribution in [0.3, 0.4) is 0 Å². The number of unbranched alkanes of at least 4 members (excludes halogenated alkanes) is 1. The SMILES string of the molecule is CCCCC(NS(=O)(=O)CC(C)(C)OC)C(=O)O. The first kappa shape index (κ1) is 17.3. The van der Waals surface area contributed by atoms with Crippen molar-refractivity contribution in [2.75, 3.05) is 12.9 Å². The Morgan fingerprint density at radius 2 is 2.00 bits per heavy atom. The standard InChI is InChI=1S/C11H23NO5S/c1-5-6-7-9(10(13)14)12-18(15,16)8-11(2,3)17-4/h9,12H,5-8H2,1-4H3,(H,13,14). The Kier molecular flexibility index (Phi) is 6.80. The first-order valence-electron chi connectivity index (χ1n) is 5.91. The molecule has 2 N–H and O–H groups in total. The van der Waals surface area contributed by atoms with Gasteiger partial charge in [0.15, 0.2) is 0 Å². The number of carboxylic acid groups (broad SMARTS) is 1. The van der Waals surface area contributed by atoms with E-state index in [1.807, 2.05) is 6.92 Å². The van der Waals surface area contributed by atoms with Gasteiger partial charge in [0.25, 0.3) is 0 Å². The molecule has 0 amide bonds. The highest BCUT2D eigenvalue weighted by Gasteiger charge is 2.29. The minimum atomic E-state index is -3.68. The summed E-state index contributed by atoms with van der Waals surface area (Å²) in [5, 5.41) is 8.96. The molecule has 108 valence electrons. The van der Waals surface area contributed by atoms with Gasteiger partial charge < -0.3 is 9.84 Å². The van der Waals surface area contributed by atoms with E-state index >= 15 is 0 Å². The molecule has 0 saturated carbocycles. The molecule has 7 heteroatoms. The van der Waals surface area contributed by atoms with Crippen LogP contribution in [-0.4, -0.2) is 44.0 Å². The largest absolute Gasteiger partial charge is 0.480 e. The van der Waals surface area contributed by atoms with Crippen molar-refractivity contribution in [3.05, 3.63) is 0 Å². The fraction of sp³-hybridized carbons (Fsp3) is 0.909. The molecular formula is C11H23NO5S. The van der Waals surface area contributed by atoms with E-state index in [0.29, 0.717) is 12.8 Å². The van der Waals surface area contributed by atoms with Crippen molar-refractivity contribution in [3.8, 4) is 0 Å². The number of nitrogens with one attached hydrogen (secondary N) is 1. The minimum absolute atomic E-state index is 0.271. The minimum Gasteiger partial charge on any atom is -0.480 e. The van der Waals surface area contributed by atoms with Gasteiger partial charge >= 0.3 is 5.97 Å². The maximum absolute atomic E-state index is 11.8. The molecule has 0 spiro atoms. The molecule has 0 bridgehead atoms. The molecule has 0 fully saturated rings. The van der Waals surface area contributed by atoms with Crippen LogP contribution in [0.2, 0.25) is 0 Å². The Labute approximate surface area is 109 Å². The Hall–Kier alpha value is -0.660. The summed E-state index contributed by atoms with van der Waals surface area (Å²) in [6.45, 7) is 5.18. The van der Waals surface area contributed by atoms with Crippen molar-refractivity contribution >= 4 is 16.0 Å². The van der Waals surface area contributed by atoms with E-state index in [9.17, 15) is 13.2 Å². The van der Waals surface area contributed by atoms with Crippen LogP contribution in [0, 0.1) is 0 Å². The third-order valence-electron chi connectivity index (χ3n) is 2.56. The number of aliphatic carboxylic acids is 1. The van der Waals surface area contributed by atoms with Crippen LogP contribution in [0.5, 0.6) is 0 Å². The first-order valence-corrected chi connectivity index (χ1v) is 7.56. The summed E-state index contributed by atoms with van der Waals surface area (Å²) in [4.78, 5) is 11.0. The molecule has 0 aromatic rings. The normalized spacial score (nSPS) is 14.4. The van der Waals surface area contributed by atoms with Crippen molar-refractivity contribution in [2.24, 2.45) is 0 Å². The molecule has 0 aliphatic carbocycles. The lowest BCUT2D eigenvalue weighted by atomic mass is 10.1. The van der Waals surface area contributed by atoms with Crippen molar-refractivity contribution < 1.29 is 23.1 Å². The third kappa shape index (κ3) is 6.93. The Morgan fingerprint density at radius 1 is 1.44 bits per heavy atom. The topological polar surface area (TPSA) is 92.7 Å². The summed E-state index contributed by atoms with van der Waals surface area (Å²) in [6, 6.07) is -1.07. The summed E-state index contributed by atoms with van der Waals surface area (Å²) >= 11 is 0. The van der Waals surface area contributed by atoms with Gasteiger partial charge in [0.1, 0.15) is 6.04 Å². The van der Waals surface area contributed by atoms with Gasteiger partial charge in [-0.1, -0.05) is 19.8 Å². The van der Waals surface area contributed by atoms with E-state index in [1.54, 1.807) is 13.8 Å². The number of ether oxygens (including phenoxy) is 1. The number of carbonyl (C=O) groups is 1. The van der Waals surface area contributed by atoms with E-state index in [4.69, 9.17) is 9.84 Å². The van der Waals surface area contributed by atoms with Gasteiger partial charge in [0.2, 0.25) is 10.0 Å². The molecule has 0 aliphatic heterocycles. The summed E-state index contributed by atoms with van der Waals surface area (Å²) in [5.41, 5.74) is -0.848. The molecule has 1 atom stereocenters. The van der Waals surface area contributed by atoms with Gasteiger partial charge in [0, 0.05) is 7.11 Å². The monoisotopic (exact) mass is 281 g/mol. The lowest BCUT2D eigenvalue weighted by molar-refractivity contribution is -0.139. The second-order valence-electron chi connectivity index (χ2n) is 4.87. The molecule has 18 heavy (non-hydrogen) atoms. The number of sulfonamides is 1. The third-order valence-corrected chi connectivity index (χ3v) is 4.28. The highest BCUT2D eigenvalue weighted by atomic mass is 32.2. The van der Waals surface area contributed by atoms with Crippen molar-refractivity contribution in [1.82, 2.24) is 4.72 Å². The smallest absolute Gasteiger partial charge is 0.321 e. The number of hydrogen-bond donors (Lipinski definition) is 2. The van der Waals surface area contributed by atoms with Gasteiger partial charge in [-0.25, -0.2) is 13.1 Å². The molecule has 1 unspecified atom stereocenters. The average Bonchev–Trinajstić information content (AvgIpc) is 2.22. The Balaban J connectivity index is 4.66. The maximum Gasteiger partial charge on any atom is 0.321 e. The number of carboxylic acids is 1. The molecule has 0 heterocycles. The van der Waals surface area contributed by atoms with E-state index in [0.717, 1.165) is 6.42 Å². The molecule has 0 saturated heterocycles. The molecule has 0 aromatic heterocycles. The van der Waals surface area contributed by atoms with Crippen molar-refractivity contribution in [2.45, 2.75) is 51.7 Å². The number of hydrogen-bond acceptors (Lipinski definition) is 4. The van der Waals surface area contributed by atoms with Gasteiger partial charge in [-0.2, -0.15) is 0 Å². The van der Waals surface area contributed by atoms with E-state index in [1.165, 1.54) is 7.11 Å². The molecule has 6 nitrogen and oxygen atoms in total. The summed E-state index contributed by atoms with van der Waals surface area (Å²) in [7, 11) is -2.26. The molecule has 0 radical (unpaired) electrons. The lowest BCUT2D eigenvalue weighted by Gasteiger charge is -2.24. The zero-order valence-electron chi connectivity index (χ0n) is 11.4. The Morgan fingerprint density at radius 3 is 2.39 bits per heavy atom. The fourth-order valence-electron chi connectivity index (χ4n) is 1.42. The quantitative estimate of drug-likeness (QED) is 0.657. The highest BCUT2D eigenvalue weighted by Crippen LogP contribution is 2.11. The Bertz CT molecular complexity index is 364. The number of methoxy groups -OCH3 is 1. The van der Waals surface area contributed by atoms with Gasteiger partial charge in [-0.15, -0.1) is 0 Å². The van der Waals surface area contributed by atoms with Crippen LogP contribution in [0.1, 0.15) is 40.0 Å².